The Hall–Kier alpha value is -0.410. The van der Waals surface area contributed by atoms with E-state index in [0.29, 0.717) is 11.0 Å². The zero-order chi connectivity index (χ0) is 10.6. The van der Waals surface area contributed by atoms with Crippen LogP contribution in [0.1, 0.15) is 24.5 Å². The summed E-state index contributed by atoms with van der Waals surface area (Å²) in [5.41, 5.74) is 7.32. The summed E-state index contributed by atoms with van der Waals surface area (Å²) in [6, 6.07) is 3.76. The molecule has 0 bridgehead atoms. The molecule has 3 heteroatoms. The maximum atomic E-state index is 13.6. The molecule has 78 valence electrons. The van der Waals surface area contributed by atoms with Crippen molar-refractivity contribution in [1.82, 2.24) is 0 Å². The van der Waals surface area contributed by atoms with Crippen LogP contribution in [0.5, 0.6) is 0 Å². The van der Waals surface area contributed by atoms with Gasteiger partial charge in [-0.15, -0.1) is 0 Å². The van der Waals surface area contributed by atoms with Gasteiger partial charge in [0.25, 0.3) is 0 Å². The van der Waals surface area contributed by atoms with Crippen LogP contribution in [0, 0.1) is 5.82 Å². The highest BCUT2D eigenvalue weighted by atomic mass is 79.9. The van der Waals surface area contributed by atoms with Crippen molar-refractivity contribution in [3.8, 4) is 0 Å². The number of halogens is 2. The summed E-state index contributed by atoms with van der Waals surface area (Å²) in [6.45, 7) is 2.67. The van der Waals surface area contributed by atoms with Crippen molar-refractivity contribution in [2.45, 2.75) is 26.2 Å². The average molecular weight is 260 g/mol. The molecule has 14 heavy (non-hydrogen) atoms. The van der Waals surface area contributed by atoms with E-state index in [2.05, 4.69) is 22.9 Å². The number of rotatable bonds is 4. The fourth-order valence-electron chi connectivity index (χ4n) is 1.39. The van der Waals surface area contributed by atoms with Crippen LogP contribution >= 0.6 is 15.9 Å². The van der Waals surface area contributed by atoms with Crippen molar-refractivity contribution in [2.24, 2.45) is 5.73 Å². The number of hydrogen-bond donors (Lipinski definition) is 1. The number of aryl methyl sites for hydroxylation is 2. The highest BCUT2D eigenvalue weighted by Gasteiger charge is 2.07. The lowest BCUT2D eigenvalue weighted by Gasteiger charge is -2.07. The predicted molar refractivity (Wildman–Crippen MR) is 60.9 cm³/mol. The van der Waals surface area contributed by atoms with E-state index in [4.69, 9.17) is 5.73 Å². The first-order valence-electron chi connectivity index (χ1n) is 4.86. The SMILES string of the molecule is CCc1cc(Br)c(F)c(CCCN)c1. The van der Waals surface area contributed by atoms with E-state index < -0.39 is 0 Å². The van der Waals surface area contributed by atoms with Gasteiger partial charge < -0.3 is 5.73 Å². The van der Waals surface area contributed by atoms with Crippen LogP contribution in [0.3, 0.4) is 0 Å². The van der Waals surface area contributed by atoms with Crippen molar-refractivity contribution < 1.29 is 4.39 Å². The molecule has 1 aromatic carbocycles. The molecule has 0 atom stereocenters. The van der Waals surface area contributed by atoms with Gasteiger partial charge in [-0.25, -0.2) is 4.39 Å². The third kappa shape index (κ3) is 2.79. The Morgan fingerprint density at radius 2 is 2.14 bits per heavy atom. The van der Waals surface area contributed by atoms with Gasteiger partial charge in [-0.2, -0.15) is 0 Å². The summed E-state index contributed by atoms with van der Waals surface area (Å²) in [6.07, 6.45) is 2.47. The molecular weight excluding hydrogens is 245 g/mol. The Bertz CT molecular complexity index is 312. The molecule has 0 radical (unpaired) electrons. The second kappa shape index (κ2) is 5.47. The molecule has 0 unspecified atom stereocenters. The lowest BCUT2D eigenvalue weighted by molar-refractivity contribution is 0.597. The number of hydrogen-bond acceptors (Lipinski definition) is 1. The lowest BCUT2D eigenvalue weighted by Crippen LogP contribution is -2.02. The molecule has 1 nitrogen and oxygen atoms in total. The Morgan fingerprint density at radius 1 is 1.43 bits per heavy atom. The summed E-state index contributed by atoms with van der Waals surface area (Å²) in [7, 11) is 0. The molecule has 0 aliphatic carbocycles. The van der Waals surface area contributed by atoms with Gasteiger partial charge in [0.2, 0.25) is 0 Å². The van der Waals surface area contributed by atoms with Gasteiger partial charge in [0.15, 0.2) is 0 Å². The Balaban J connectivity index is 2.95. The first-order valence-corrected chi connectivity index (χ1v) is 5.65. The normalized spacial score (nSPS) is 10.6. The zero-order valence-electron chi connectivity index (χ0n) is 8.32. The lowest BCUT2D eigenvalue weighted by atomic mass is 10.0. The first-order chi connectivity index (χ1) is 6.69. The van der Waals surface area contributed by atoms with Gasteiger partial charge >= 0.3 is 0 Å². The van der Waals surface area contributed by atoms with E-state index in [1.807, 2.05) is 12.1 Å². The first kappa shape index (κ1) is 11.7. The Morgan fingerprint density at radius 3 is 2.71 bits per heavy atom. The fourth-order valence-corrected chi connectivity index (χ4v) is 1.94. The topological polar surface area (TPSA) is 26.0 Å². The monoisotopic (exact) mass is 259 g/mol. The van der Waals surface area contributed by atoms with Crippen LogP contribution in [0.4, 0.5) is 4.39 Å². The summed E-state index contributed by atoms with van der Waals surface area (Å²) >= 11 is 3.22. The minimum absolute atomic E-state index is 0.143. The Labute approximate surface area is 92.6 Å². The maximum Gasteiger partial charge on any atom is 0.140 e. The van der Waals surface area contributed by atoms with Gasteiger partial charge in [-0.1, -0.05) is 13.0 Å². The predicted octanol–water partition coefficient (Wildman–Crippen LogP) is 3.04. The van der Waals surface area contributed by atoms with Crippen molar-refractivity contribution in [3.63, 3.8) is 0 Å². The second-order valence-electron chi connectivity index (χ2n) is 3.30. The molecule has 0 saturated carbocycles. The van der Waals surface area contributed by atoms with Crippen molar-refractivity contribution in [2.75, 3.05) is 6.54 Å². The summed E-state index contributed by atoms with van der Waals surface area (Å²) < 4.78 is 14.1. The standard InChI is InChI=1S/C11H15BrFN/c1-2-8-6-9(4-3-5-14)11(13)10(12)7-8/h6-7H,2-5,14H2,1H3. The summed E-state index contributed by atoms with van der Waals surface area (Å²) in [4.78, 5) is 0. The molecule has 0 fully saturated rings. The van der Waals surface area contributed by atoms with E-state index >= 15 is 0 Å². The summed E-state index contributed by atoms with van der Waals surface area (Å²) in [5.74, 6) is -0.143. The molecular formula is C11H15BrFN. The van der Waals surface area contributed by atoms with Crippen LogP contribution in [0.2, 0.25) is 0 Å². The van der Waals surface area contributed by atoms with Crippen LogP contribution in [-0.4, -0.2) is 6.54 Å². The third-order valence-electron chi connectivity index (χ3n) is 2.22. The van der Waals surface area contributed by atoms with Crippen molar-refractivity contribution >= 4 is 15.9 Å². The molecule has 1 rings (SSSR count). The minimum Gasteiger partial charge on any atom is -0.330 e. The Kier molecular flexibility index (Phi) is 4.55. The van der Waals surface area contributed by atoms with E-state index in [1.165, 1.54) is 0 Å². The van der Waals surface area contributed by atoms with Gasteiger partial charge in [-0.3, -0.25) is 0 Å². The van der Waals surface area contributed by atoms with Crippen molar-refractivity contribution in [1.29, 1.82) is 0 Å². The van der Waals surface area contributed by atoms with E-state index in [1.54, 1.807) is 0 Å². The molecule has 1 aromatic rings. The summed E-state index contributed by atoms with van der Waals surface area (Å²) in [5, 5.41) is 0. The van der Waals surface area contributed by atoms with E-state index in [-0.39, 0.29) is 5.82 Å². The third-order valence-corrected chi connectivity index (χ3v) is 2.80. The van der Waals surface area contributed by atoms with Gasteiger partial charge in [0.1, 0.15) is 5.82 Å². The van der Waals surface area contributed by atoms with Crippen molar-refractivity contribution in [3.05, 3.63) is 33.5 Å². The smallest absolute Gasteiger partial charge is 0.140 e. The van der Waals surface area contributed by atoms with Gasteiger partial charge in [-0.05, 0) is 58.9 Å². The number of nitrogens with two attached hydrogens (primary N) is 1. The van der Waals surface area contributed by atoms with Gasteiger partial charge in [0, 0.05) is 0 Å². The molecule has 0 heterocycles. The van der Waals surface area contributed by atoms with E-state index in [0.717, 1.165) is 30.4 Å². The maximum absolute atomic E-state index is 13.6. The fraction of sp³-hybridized carbons (Fsp3) is 0.455. The highest BCUT2D eigenvalue weighted by molar-refractivity contribution is 9.10. The van der Waals surface area contributed by atoms with Gasteiger partial charge in [0.05, 0.1) is 4.47 Å². The molecule has 0 amide bonds. The molecule has 0 spiro atoms. The molecule has 2 N–H and O–H groups in total. The van der Waals surface area contributed by atoms with Crippen LogP contribution in [0.15, 0.2) is 16.6 Å². The van der Waals surface area contributed by atoms with E-state index in [9.17, 15) is 4.39 Å². The molecule has 0 aromatic heterocycles. The molecule has 0 aliphatic heterocycles. The second-order valence-corrected chi connectivity index (χ2v) is 4.15. The molecule has 0 saturated heterocycles. The molecule has 0 aliphatic rings. The highest BCUT2D eigenvalue weighted by Crippen LogP contribution is 2.22. The average Bonchev–Trinajstić information content (AvgIpc) is 2.20. The largest absolute Gasteiger partial charge is 0.330 e. The van der Waals surface area contributed by atoms with Crippen LogP contribution in [-0.2, 0) is 12.8 Å². The minimum atomic E-state index is -0.143. The zero-order valence-corrected chi connectivity index (χ0v) is 9.90. The van der Waals surface area contributed by atoms with Crippen LogP contribution in [0.25, 0.3) is 0 Å². The quantitative estimate of drug-likeness (QED) is 0.884. The van der Waals surface area contributed by atoms with Crippen LogP contribution < -0.4 is 5.73 Å². The number of benzene rings is 1.